The van der Waals surface area contributed by atoms with E-state index in [1.807, 2.05) is 13.8 Å². The van der Waals surface area contributed by atoms with Gasteiger partial charge in [-0.25, -0.2) is 12.7 Å². The minimum Gasteiger partial charge on any atom is -0.314 e. The van der Waals surface area contributed by atoms with E-state index in [2.05, 4.69) is 5.32 Å². The van der Waals surface area contributed by atoms with Crippen LogP contribution in [-0.2, 0) is 10.0 Å². The van der Waals surface area contributed by atoms with Gasteiger partial charge in [0.05, 0.1) is 11.7 Å². The fraction of sp³-hybridized carbons (Fsp3) is 1.00. The summed E-state index contributed by atoms with van der Waals surface area (Å²) in [6, 6.07) is 0.292. The molecule has 120 valence electrons. The number of hydrogen-bond acceptors (Lipinski definition) is 3. The molecule has 0 aliphatic carbocycles. The molecule has 0 aromatic rings. The maximum atomic E-state index is 12.5. The van der Waals surface area contributed by atoms with Crippen LogP contribution in [0.5, 0.6) is 0 Å². The summed E-state index contributed by atoms with van der Waals surface area (Å²) in [7, 11) is -3.42. The zero-order chi connectivity index (χ0) is 15.4. The summed E-state index contributed by atoms with van der Waals surface area (Å²) in [5.41, 5.74) is 0. The second kappa shape index (κ2) is 7.09. The van der Waals surface area contributed by atoms with Crippen LogP contribution < -0.4 is 5.32 Å². The lowest BCUT2D eigenvalue weighted by atomic mass is 9.98. The second-order valence-corrected chi connectivity index (χ2v) is 7.58. The van der Waals surface area contributed by atoms with Crippen LogP contribution in [0.25, 0.3) is 0 Å². The van der Waals surface area contributed by atoms with E-state index in [4.69, 9.17) is 0 Å². The van der Waals surface area contributed by atoms with Crippen LogP contribution in [0.15, 0.2) is 0 Å². The van der Waals surface area contributed by atoms with E-state index in [1.165, 1.54) is 4.31 Å². The molecule has 1 aliphatic heterocycles. The van der Waals surface area contributed by atoms with Gasteiger partial charge < -0.3 is 5.32 Å². The molecule has 0 aromatic heterocycles. The molecule has 1 fully saturated rings. The summed E-state index contributed by atoms with van der Waals surface area (Å²) in [6.07, 6.45) is -4.00. The Balaban J connectivity index is 2.39. The second-order valence-electron chi connectivity index (χ2n) is 5.49. The fourth-order valence-corrected chi connectivity index (χ4v) is 3.77. The highest BCUT2D eigenvalue weighted by atomic mass is 32.2. The largest absolute Gasteiger partial charge is 0.391 e. The standard InChI is InChI=1S/C12H23F3N2O2S/c1-10(2)16-6-3-9-20(18,19)17-7-4-11(5-8-17)12(13,14)15/h10-11,16H,3-9H2,1-2H3. The van der Waals surface area contributed by atoms with Crippen LogP contribution in [0.2, 0.25) is 0 Å². The molecule has 0 atom stereocenters. The average molecular weight is 316 g/mol. The Morgan fingerprint density at radius 2 is 1.80 bits per heavy atom. The molecule has 0 radical (unpaired) electrons. The van der Waals surface area contributed by atoms with Crippen LogP contribution in [0.4, 0.5) is 13.2 Å². The predicted molar refractivity (Wildman–Crippen MR) is 71.9 cm³/mol. The Kier molecular flexibility index (Phi) is 6.27. The number of hydrogen-bond donors (Lipinski definition) is 1. The summed E-state index contributed by atoms with van der Waals surface area (Å²) in [5.74, 6) is -1.37. The van der Waals surface area contributed by atoms with E-state index < -0.39 is 22.1 Å². The molecule has 1 heterocycles. The van der Waals surface area contributed by atoms with Gasteiger partial charge in [0.1, 0.15) is 0 Å². The lowest BCUT2D eigenvalue weighted by Crippen LogP contribution is -2.43. The minimum atomic E-state index is -4.21. The number of nitrogens with zero attached hydrogens (tertiary/aromatic N) is 1. The molecule has 20 heavy (non-hydrogen) atoms. The molecule has 0 amide bonds. The molecule has 1 saturated heterocycles. The molecule has 1 rings (SSSR count). The highest BCUT2D eigenvalue weighted by molar-refractivity contribution is 7.89. The van der Waals surface area contributed by atoms with Crippen molar-refractivity contribution in [2.24, 2.45) is 5.92 Å². The van der Waals surface area contributed by atoms with Gasteiger partial charge in [-0.1, -0.05) is 13.8 Å². The Labute approximate surface area is 118 Å². The molecular weight excluding hydrogens is 293 g/mol. The minimum absolute atomic E-state index is 0.0105. The van der Waals surface area contributed by atoms with E-state index in [0.29, 0.717) is 19.0 Å². The van der Waals surface area contributed by atoms with Gasteiger partial charge in [-0.3, -0.25) is 0 Å². The lowest BCUT2D eigenvalue weighted by molar-refractivity contribution is -0.182. The Hall–Kier alpha value is -0.340. The Morgan fingerprint density at radius 3 is 2.25 bits per heavy atom. The molecule has 0 bridgehead atoms. The molecule has 0 spiro atoms. The number of halogens is 3. The average Bonchev–Trinajstić information content (AvgIpc) is 2.34. The zero-order valence-corrected chi connectivity index (χ0v) is 12.7. The molecule has 8 heteroatoms. The van der Waals surface area contributed by atoms with Crippen molar-refractivity contribution >= 4 is 10.0 Å². The number of sulfonamides is 1. The van der Waals surface area contributed by atoms with Crippen molar-refractivity contribution in [1.82, 2.24) is 9.62 Å². The smallest absolute Gasteiger partial charge is 0.314 e. The molecule has 1 N–H and O–H groups in total. The van der Waals surface area contributed by atoms with Crippen molar-refractivity contribution in [2.45, 2.75) is 45.3 Å². The van der Waals surface area contributed by atoms with Gasteiger partial charge in [-0.15, -0.1) is 0 Å². The topological polar surface area (TPSA) is 49.4 Å². The molecule has 4 nitrogen and oxygen atoms in total. The van der Waals surface area contributed by atoms with Crippen molar-refractivity contribution in [3.63, 3.8) is 0 Å². The first-order valence-electron chi connectivity index (χ1n) is 6.91. The van der Waals surface area contributed by atoms with Crippen LogP contribution >= 0.6 is 0 Å². The third-order valence-corrected chi connectivity index (χ3v) is 5.40. The first-order valence-corrected chi connectivity index (χ1v) is 8.52. The summed E-state index contributed by atoms with van der Waals surface area (Å²) < 4.78 is 62.7. The Morgan fingerprint density at radius 1 is 1.25 bits per heavy atom. The molecule has 1 aliphatic rings. The van der Waals surface area contributed by atoms with E-state index in [0.717, 1.165) is 0 Å². The quantitative estimate of drug-likeness (QED) is 0.762. The summed E-state index contributed by atoms with van der Waals surface area (Å²) >= 11 is 0. The van der Waals surface area contributed by atoms with E-state index in [1.54, 1.807) is 0 Å². The van der Waals surface area contributed by atoms with Crippen LogP contribution in [-0.4, -0.2) is 50.3 Å². The third kappa shape index (κ3) is 5.57. The molecule has 0 aromatic carbocycles. The van der Waals surface area contributed by atoms with Crippen molar-refractivity contribution in [3.8, 4) is 0 Å². The first-order chi connectivity index (χ1) is 9.13. The van der Waals surface area contributed by atoms with Crippen LogP contribution in [0, 0.1) is 5.92 Å². The van der Waals surface area contributed by atoms with Crippen molar-refractivity contribution in [2.75, 3.05) is 25.4 Å². The number of piperidine rings is 1. The maximum absolute atomic E-state index is 12.5. The highest BCUT2D eigenvalue weighted by Gasteiger charge is 2.42. The van der Waals surface area contributed by atoms with E-state index in [-0.39, 0.29) is 31.7 Å². The monoisotopic (exact) mass is 316 g/mol. The van der Waals surface area contributed by atoms with Gasteiger partial charge in [0, 0.05) is 19.1 Å². The van der Waals surface area contributed by atoms with Crippen molar-refractivity contribution in [3.05, 3.63) is 0 Å². The van der Waals surface area contributed by atoms with Gasteiger partial charge in [0.15, 0.2) is 0 Å². The zero-order valence-electron chi connectivity index (χ0n) is 11.9. The summed E-state index contributed by atoms with van der Waals surface area (Å²) in [6.45, 7) is 4.48. The fourth-order valence-electron chi connectivity index (χ4n) is 2.24. The summed E-state index contributed by atoms with van der Waals surface area (Å²) in [5, 5.41) is 3.12. The summed E-state index contributed by atoms with van der Waals surface area (Å²) in [4.78, 5) is 0. The van der Waals surface area contributed by atoms with E-state index >= 15 is 0 Å². The van der Waals surface area contributed by atoms with Crippen molar-refractivity contribution < 1.29 is 21.6 Å². The predicted octanol–water partition coefficient (Wildman–Crippen LogP) is 1.98. The first kappa shape index (κ1) is 17.7. The van der Waals surface area contributed by atoms with Crippen molar-refractivity contribution in [1.29, 1.82) is 0 Å². The molecular formula is C12H23F3N2O2S. The molecule has 0 unspecified atom stereocenters. The third-order valence-electron chi connectivity index (χ3n) is 3.44. The number of nitrogens with one attached hydrogen (secondary N) is 1. The van der Waals surface area contributed by atoms with Crippen LogP contribution in [0.1, 0.15) is 33.1 Å². The van der Waals surface area contributed by atoms with Gasteiger partial charge in [-0.2, -0.15) is 13.2 Å². The lowest BCUT2D eigenvalue weighted by Gasteiger charge is -2.32. The van der Waals surface area contributed by atoms with Gasteiger partial charge in [0.2, 0.25) is 10.0 Å². The maximum Gasteiger partial charge on any atom is 0.391 e. The van der Waals surface area contributed by atoms with Gasteiger partial charge in [-0.05, 0) is 25.8 Å². The van der Waals surface area contributed by atoms with Gasteiger partial charge >= 0.3 is 6.18 Å². The number of alkyl halides is 3. The van der Waals surface area contributed by atoms with Gasteiger partial charge in [0.25, 0.3) is 0 Å². The van der Waals surface area contributed by atoms with E-state index in [9.17, 15) is 21.6 Å². The molecule has 0 saturated carbocycles. The SMILES string of the molecule is CC(C)NCCCS(=O)(=O)N1CCC(C(F)(F)F)CC1. The number of rotatable bonds is 6. The highest BCUT2D eigenvalue weighted by Crippen LogP contribution is 2.34. The van der Waals surface area contributed by atoms with Crippen LogP contribution in [0.3, 0.4) is 0 Å². The normalized spacial score (nSPS) is 19.7. The Bertz CT molecular complexity index is 388.